The molecule has 2 aromatic carbocycles. The Morgan fingerprint density at radius 3 is 2.47 bits per heavy atom. The molecule has 0 aromatic heterocycles. The Morgan fingerprint density at radius 2 is 1.84 bits per heavy atom. The van der Waals surface area contributed by atoms with Gasteiger partial charge in [0.05, 0.1) is 0 Å². The summed E-state index contributed by atoms with van der Waals surface area (Å²) in [5, 5.41) is 3.23. The van der Waals surface area contributed by atoms with Gasteiger partial charge in [0.15, 0.2) is 0 Å². The van der Waals surface area contributed by atoms with Crippen LogP contribution in [0.25, 0.3) is 11.1 Å². The molecule has 0 fully saturated rings. The van der Waals surface area contributed by atoms with Crippen molar-refractivity contribution < 1.29 is 8.78 Å². The molecule has 2 rings (SSSR count). The van der Waals surface area contributed by atoms with Gasteiger partial charge in [0, 0.05) is 18.2 Å². The molecule has 0 saturated heterocycles. The van der Waals surface area contributed by atoms with Crippen molar-refractivity contribution in [2.45, 2.75) is 26.4 Å². The van der Waals surface area contributed by atoms with E-state index >= 15 is 0 Å². The number of hydrogen-bond donors (Lipinski definition) is 1. The highest BCUT2D eigenvalue weighted by Crippen LogP contribution is 2.24. The first kappa shape index (κ1) is 13.7. The van der Waals surface area contributed by atoms with Crippen LogP contribution in [0.3, 0.4) is 0 Å². The zero-order valence-corrected chi connectivity index (χ0v) is 11.1. The Kier molecular flexibility index (Phi) is 4.27. The zero-order chi connectivity index (χ0) is 13.8. The summed E-state index contributed by atoms with van der Waals surface area (Å²) in [4.78, 5) is 0. The predicted molar refractivity (Wildman–Crippen MR) is 73.8 cm³/mol. The summed E-state index contributed by atoms with van der Waals surface area (Å²) < 4.78 is 27.2. The Labute approximate surface area is 112 Å². The Morgan fingerprint density at radius 1 is 1.05 bits per heavy atom. The van der Waals surface area contributed by atoms with E-state index in [0.29, 0.717) is 23.7 Å². The van der Waals surface area contributed by atoms with Crippen LogP contribution in [0.5, 0.6) is 0 Å². The van der Waals surface area contributed by atoms with Crippen LogP contribution in [0.15, 0.2) is 42.5 Å². The highest BCUT2D eigenvalue weighted by Gasteiger charge is 2.07. The van der Waals surface area contributed by atoms with Crippen LogP contribution >= 0.6 is 0 Å². The number of hydrogen-bond acceptors (Lipinski definition) is 1. The van der Waals surface area contributed by atoms with Crippen molar-refractivity contribution in [3.8, 4) is 11.1 Å². The van der Waals surface area contributed by atoms with Gasteiger partial charge in [0.25, 0.3) is 0 Å². The van der Waals surface area contributed by atoms with Gasteiger partial charge < -0.3 is 5.32 Å². The largest absolute Gasteiger partial charge is 0.310 e. The van der Waals surface area contributed by atoms with E-state index in [4.69, 9.17) is 0 Å². The maximum atomic E-state index is 14.0. The minimum Gasteiger partial charge on any atom is -0.310 e. The van der Waals surface area contributed by atoms with Crippen LogP contribution < -0.4 is 5.32 Å². The molecule has 0 aliphatic carbocycles. The van der Waals surface area contributed by atoms with E-state index in [1.54, 1.807) is 18.2 Å². The van der Waals surface area contributed by atoms with E-state index in [1.165, 1.54) is 18.2 Å². The molecule has 100 valence electrons. The van der Waals surface area contributed by atoms with Crippen molar-refractivity contribution in [3.63, 3.8) is 0 Å². The molecule has 2 aromatic rings. The van der Waals surface area contributed by atoms with Crippen LogP contribution in [0.4, 0.5) is 8.78 Å². The van der Waals surface area contributed by atoms with Crippen molar-refractivity contribution >= 4 is 0 Å². The molecule has 1 nitrogen and oxygen atoms in total. The predicted octanol–water partition coefficient (Wildman–Crippen LogP) is 4.13. The zero-order valence-electron chi connectivity index (χ0n) is 11.1. The van der Waals surface area contributed by atoms with Gasteiger partial charge in [-0.2, -0.15) is 0 Å². The van der Waals surface area contributed by atoms with Crippen molar-refractivity contribution in [1.29, 1.82) is 0 Å². The molecule has 19 heavy (non-hydrogen) atoms. The molecule has 0 amide bonds. The Bertz CT molecular complexity index is 564. The summed E-state index contributed by atoms with van der Waals surface area (Å²) in [7, 11) is 0. The van der Waals surface area contributed by atoms with Crippen LogP contribution in [0.1, 0.15) is 19.4 Å². The van der Waals surface area contributed by atoms with Gasteiger partial charge in [0.1, 0.15) is 11.6 Å². The summed E-state index contributed by atoms with van der Waals surface area (Å²) in [6.45, 7) is 4.70. The quantitative estimate of drug-likeness (QED) is 0.872. The first-order chi connectivity index (χ1) is 9.06. The average molecular weight is 261 g/mol. The summed E-state index contributed by atoms with van der Waals surface area (Å²) in [5.74, 6) is -0.684. The fourth-order valence-corrected chi connectivity index (χ4v) is 1.88. The summed E-state index contributed by atoms with van der Waals surface area (Å²) in [6.07, 6.45) is 0. The van der Waals surface area contributed by atoms with Crippen LogP contribution in [0, 0.1) is 11.6 Å². The molecular formula is C16H17F2N. The van der Waals surface area contributed by atoms with E-state index in [1.807, 2.05) is 19.9 Å². The molecule has 0 atom stereocenters. The second-order valence-corrected chi connectivity index (χ2v) is 4.86. The van der Waals surface area contributed by atoms with E-state index in [2.05, 4.69) is 5.32 Å². The first-order valence-corrected chi connectivity index (χ1v) is 6.34. The molecule has 0 radical (unpaired) electrons. The van der Waals surface area contributed by atoms with Crippen molar-refractivity contribution in [2.24, 2.45) is 0 Å². The van der Waals surface area contributed by atoms with Gasteiger partial charge in [-0.05, 0) is 29.3 Å². The lowest BCUT2D eigenvalue weighted by atomic mass is 10.0. The first-order valence-electron chi connectivity index (χ1n) is 6.34. The summed E-state index contributed by atoms with van der Waals surface area (Å²) in [5.41, 5.74) is 1.86. The van der Waals surface area contributed by atoms with Gasteiger partial charge in [-0.1, -0.05) is 38.1 Å². The minimum absolute atomic E-state index is 0.325. The smallest absolute Gasteiger partial charge is 0.131 e. The SMILES string of the molecule is CC(C)NCc1ccc(-c2cccc(F)c2)c(F)c1. The van der Waals surface area contributed by atoms with Gasteiger partial charge >= 0.3 is 0 Å². The molecule has 0 saturated carbocycles. The standard InChI is InChI=1S/C16H17F2N/c1-11(2)19-10-12-6-7-15(16(18)8-12)13-4-3-5-14(17)9-13/h3-9,11,19H,10H2,1-2H3. The second-order valence-electron chi connectivity index (χ2n) is 4.86. The van der Waals surface area contributed by atoms with Crippen molar-refractivity contribution in [1.82, 2.24) is 5.32 Å². The van der Waals surface area contributed by atoms with Gasteiger partial charge in [-0.15, -0.1) is 0 Å². The highest BCUT2D eigenvalue weighted by atomic mass is 19.1. The summed E-state index contributed by atoms with van der Waals surface area (Å²) in [6, 6.07) is 11.4. The number of benzene rings is 2. The Hall–Kier alpha value is -1.74. The van der Waals surface area contributed by atoms with Crippen molar-refractivity contribution in [3.05, 3.63) is 59.7 Å². The normalized spacial score (nSPS) is 11.0. The fraction of sp³-hybridized carbons (Fsp3) is 0.250. The van der Waals surface area contributed by atoms with E-state index in [9.17, 15) is 8.78 Å². The van der Waals surface area contributed by atoms with E-state index in [0.717, 1.165) is 5.56 Å². The van der Waals surface area contributed by atoms with Gasteiger partial charge in [0.2, 0.25) is 0 Å². The molecule has 0 spiro atoms. The Balaban J connectivity index is 2.24. The van der Waals surface area contributed by atoms with Gasteiger partial charge in [-0.25, -0.2) is 8.78 Å². The minimum atomic E-state index is -0.359. The lowest BCUT2D eigenvalue weighted by Gasteiger charge is -2.10. The molecule has 0 heterocycles. The molecule has 3 heteroatoms. The van der Waals surface area contributed by atoms with Crippen molar-refractivity contribution in [2.75, 3.05) is 0 Å². The lowest BCUT2D eigenvalue weighted by Crippen LogP contribution is -2.21. The molecule has 1 N–H and O–H groups in total. The fourth-order valence-electron chi connectivity index (χ4n) is 1.88. The number of halogens is 2. The average Bonchev–Trinajstić information content (AvgIpc) is 2.36. The molecule has 0 unspecified atom stereocenters. The maximum absolute atomic E-state index is 14.0. The monoisotopic (exact) mass is 261 g/mol. The van der Waals surface area contributed by atoms with E-state index in [-0.39, 0.29) is 11.6 Å². The van der Waals surface area contributed by atoms with Crippen LogP contribution in [0.2, 0.25) is 0 Å². The third-order valence-corrected chi connectivity index (χ3v) is 2.88. The highest BCUT2D eigenvalue weighted by molar-refractivity contribution is 5.64. The number of rotatable bonds is 4. The number of nitrogens with one attached hydrogen (secondary N) is 1. The summed E-state index contributed by atoms with van der Waals surface area (Å²) >= 11 is 0. The lowest BCUT2D eigenvalue weighted by molar-refractivity contribution is 0.582. The molecule has 0 bridgehead atoms. The third kappa shape index (κ3) is 3.61. The van der Waals surface area contributed by atoms with E-state index < -0.39 is 0 Å². The maximum Gasteiger partial charge on any atom is 0.131 e. The third-order valence-electron chi connectivity index (χ3n) is 2.88. The van der Waals surface area contributed by atoms with Crippen LogP contribution in [-0.2, 0) is 6.54 Å². The second kappa shape index (κ2) is 5.93. The topological polar surface area (TPSA) is 12.0 Å². The van der Waals surface area contributed by atoms with Gasteiger partial charge in [-0.3, -0.25) is 0 Å². The molecule has 0 aliphatic rings. The van der Waals surface area contributed by atoms with Crippen LogP contribution in [-0.4, -0.2) is 6.04 Å². The molecular weight excluding hydrogens is 244 g/mol. The molecule has 0 aliphatic heterocycles.